The Kier molecular flexibility index (Phi) is 3.66. The molecule has 1 unspecified atom stereocenters. The molecule has 0 aliphatic carbocycles. The van der Waals surface area contributed by atoms with Crippen molar-refractivity contribution in [2.75, 3.05) is 13.7 Å². The van der Waals surface area contributed by atoms with Gasteiger partial charge in [0.2, 0.25) is 11.7 Å². The van der Waals surface area contributed by atoms with Crippen LogP contribution >= 0.6 is 11.3 Å². The molecular formula is C10H13N3O2S. The molecule has 0 fully saturated rings. The van der Waals surface area contributed by atoms with Crippen LogP contribution in [0.1, 0.15) is 5.89 Å². The molecule has 1 atom stereocenters. The molecule has 2 N–H and O–H groups in total. The van der Waals surface area contributed by atoms with Crippen LogP contribution < -0.4 is 5.73 Å². The summed E-state index contributed by atoms with van der Waals surface area (Å²) in [4.78, 5) is 4.27. The second kappa shape index (κ2) is 5.20. The fraction of sp³-hybridized carbons (Fsp3) is 0.400. The second-order valence-corrected chi connectivity index (χ2v) is 4.22. The monoisotopic (exact) mass is 239 g/mol. The highest BCUT2D eigenvalue weighted by Crippen LogP contribution is 2.18. The molecule has 86 valence electrons. The number of thiophene rings is 1. The third-order valence-electron chi connectivity index (χ3n) is 2.07. The smallest absolute Gasteiger partial charge is 0.228 e. The van der Waals surface area contributed by atoms with Gasteiger partial charge in [-0.05, 0) is 11.4 Å². The minimum atomic E-state index is -0.110. The summed E-state index contributed by atoms with van der Waals surface area (Å²) in [6.07, 6.45) is 0.533. The standard InChI is InChI=1S/C10H13N3O2S/c1-14-5-8(11)4-9-12-10(13-15-9)7-2-3-16-6-7/h2-3,6,8H,4-5,11H2,1H3. The molecule has 5 nitrogen and oxygen atoms in total. The van der Waals surface area contributed by atoms with Crippen LogP contribution in [0.4, 0.5) is 0 Å². The van der Waals surface area contributed by atoms with Crippen LogP contribution in [0.2, 0.25) is 0 Å². The van der Waals surface area contributed by atoms with Gasteiger partial charge < -0.3 is 15.0 Å². The Morgan fingerprint density at radius 3 is 3.19 bits per heavy atom. The van der Waals surface area contributed by atoms with Gasteiger partial charge in [-0.1, -0.05) is 5.16 Å². The van der Waals surface area contributed by atoms with Crippen LogP contribution in [0.15, 0.2) is 21.3 Å². The number of nitrogens with two attached hydrogens (primary N) is 1. The molecule has 6 heteroatoms. The zero-order valence-corrected chi connectivity index (χ0v) is 9.74. The number of hydrogen-bond acceptors (Lipinski definition) is 6. The van der Waals surface area contributed by atoms with E-state index in [1.165, 1.54) is 0 Å². The lowest BCUT2D eigenvalue weighted by molar-refractivity contribution is 0.176. The summed E-state index contributed by atoms with van der Waals surface area (Å²) in [5, 5.41) is 7.85. The summed E-state index contributed by atoms with van der Waals surface area (Å²) in [6, 6.07) is 1.84. The van der Waals surface area contributed by atoms with Crippen LogP contribution in [0.3, 0.4) is 0 Å². The minimum absolute atomic E-state index is 0.110. The summed E-state index contributed by atoms with van der Waals surface area (Å²) in [6.45, 7) is 0.482. The quantitative estimate of drug-likeness (QED) is 0.851. The highest BCUT2D eigenvalue weighted by atomic mass is 32.1. The molecule has 0 bridgehead atoms. The van der Waals surface area contributed by atoms with Crippen molar-refractivity contribution in [1.82, 2.24) is 10.1 Å². The van der Waals surface area contributed by atoms with Gasteiger partial charge in [-0.25, -0.2) is 0 Å². The number of hydrogen-bond donors (Lipinski definition) is 1. The van der Waals surface area contributed by atoms with Gasteiger partial charge in [0, 0.05) is 30.5 Å². The Morgan fingerprint density at radius 1 is 1.62 bits per heavy atom. The summed E-state index contributed by atoms with van der Waals surface area (Å²) in [5.41, 5.74) is 6.77. The van der Waals surface area contributed by atoms with E-state index < -0.39 is 0 Å². The molecule has 0 amide bonds. The van der Waals surface area contributed by atoms with Gasteiger partial charge in [-0.15, -0.1) is 0 Å². The molecule has 0 saturated heterocycles. The second-order valence-electron chi connectivity index (χ2n) is 3.44. The first-order valence-corrected chi connectivity index (χ1v) is 5.83. The van der Waals surface area contributed by atoms with Crippen LogP contribution in [0, 0.1) is 0 Å². The number of nitrogens with zero attached hydrogens (tertiary/aromatic N) is 2. The fourth-order valence-corrected chi connectivity index (χ4v) is 1.98. The van der Waals surface area contributed by atoms with E-state index in [1.54, 1.807) is 18.4 Å². The van der Waals surface area contributed by atoms with E-state index >= 15 is 0 Å². The van der Waals surface area contributed by atoms with E-state index in [4.69, 9.17) is 15.0 Å². The molecule has 2 heterocycles. The van der Waals surface area contributed by atoms with E-state index in [2.05, 4.69) is 10.1 Å². The average molecular weight is 239 g/mol. The van der Waals surface area contributed by atoms with Gasteiger partial charge >= 0.3 is 0 Å². The predicted molar refractivity (Wildman–Crippen MR) is 61.2 cm³/mol. The summed E-state index contributed by atoms with van der Waals surface area (Å²) in [5.74, 6) is 1.16. The molecule has 2 aromatic rings. The van der Waals surface area contributed by atoms with Gasteiger partial charge in [0.15, 0.2) is 0 Å². The Labute approximate surface area is 97.2 Å². The Morgan fingerprint density at radius 2 is 2.50 bits per heavy atom. The van der Waals surface area contributed by atoms with Crippen LogP contribution in [0.5, 0.6) is 0 Å². The first-order chi connectivity index (χ1) is 7.79. The molecule has 2 aromatic heterocycles. The lowest BCUT2D eigenvalue weighted by Gasteiger charge is -2.05. The minimum Gasteiger partial charge on any atom is -0.383 e. The predicted octanol–water partition coefficient (Wildman–Crippen LogP) is 1.31. The molecule has 0 aliphatic heterocycles. The molecule has 0 radical (unpaired) electrons. The largest absolute Gasteiger partial charge is 0.383 e. The van der Waals surface area contributed by atoms with Gasteiger partial charge in [0.25, 0.3) is 0 Å². The Hall–Kier alpha value is -1.24. The zero-order valence-electron chi connectivity index (χ0n) is 8.92. The fourth-order valence-electron chi connectivity index (χ4n) is 1.34. The third kappa shape index (κ3) is 2.66. The Balaban J connectivity index is 2.03. The number of rotatable bonds is 5. The molecular weight excluding hydrogens is 226 g/mol. The molecule has 16 heavy (non-hydrogen) atoms. The van der Waals surface area contributed by atoms with Gasteiger partial charge in [0.05, 0.1) is 6.61 Å². The third-order valence-corrected chi connectivity index (χ3v) is 2.75. The molecule has 0 saturated carbocycles. The first-order valence-electron chi connectivity index (χ1n) is 4.89. The van der Waals surface area contributed by atoms with E-state index in [0.717, 1.165) is 5.56 Å². The topological polar surface area (TPSA) is 74.2 Å². The molecule has 0 aromatic carbocycles. The maximum Gasteiger partial charge on any atom is 0.228 e. The van der Waals surface area contributed by atoms with E-state index in [9.17, 15) is 0 Å². The van der Waals surface area contributed by atoms with Crippen molar-refractivity contribution in [3.8, 4) is 11.4 Å². The van der Waals surface area contributed by atoms with Gasteiger partial charge in [-0.3, -0.25) is 0 Å². The van der Waals surface area contributed by atoms with Gasteiger partial charge in [-0.2, -0.15) is 16.3 Å². The maximum absolute atomic E-state index is 5.79. The van der Waals surface area contributed by atoms with Crippen molar-refractivity contribution in [1.29, 1.82) is 0 Å². The summed E-state index contributed by atoms with van der Waals surface area (Å²) >= 11 is 1.60. The SMILES string of the molecule is COCC(N)Cc1nc(-c2ccsc2)no1. The highest BCUT2D eigenvalue weighted by molar-refractivity contribution is 7.08. The highest BCUT2D eigenvalue weighted by Gasteiger charge is 2.12. The van der Waals surface area contributed by atoms with Crippen molar-refractivity contribution in [3.05, 3.63) is 22.7 Å². The van der Waals surface area contributed by atoms with Crippen molar-refractivity contribution >= 4 is 11.3 Å². The lowest BCUT2D eigenvalue weighted by Crippen LogP contribution is -2.28. The van der Waals surface area contributed by atoms with Gasteiger partial charge in [0.1, 0.15) is 0 Å². The summed E-state index contributed by atoms with van der Waals surface area (Å²) in [7, 11) is 1.62. The van der Waals surface area contributed by atoms with E-state index in [0.29, 0.717) is 24.7 Å². The molecule has 2 rings (SSSR count). The average Bonchev–Trinajstić information content (AvgIpc) is 2.86. The summed E-state index contributed by atoms with van der Waals surface area (Å²) < 4.78 is 10.1. The number of ether oxygens (including phenoxy) is 1. The maximum atomic E-state index is 5.79. The van der Waals surface area contributed by atoms with E-state index in [-0.39, 0.29) is 6.04 Å². The lowest BCUT2D eigenvalue weighted by atomic mass is 10.2. The van der Waals surface area contributed by atoms with E-state index in [1.807, 2.05) is 16.8 Å². The number of methoxy groups -OCH3 is 1. The van der Waals surface area contributed by atoms with Crippen molar-refractivity contribution < 1.29 is 9.26 Å². The van der Waals surface area contributed by atoms with Crippen LogP contribution in [-0.4, -0.2) is 29.9 Å². The normalized spacial score (nSPS) is 12.9. The first kappa shape index (κ1) is 11.3. The molecule has 0 spiro atoms. The number of aromatic nitrogens is 2. The molecule has 0 aliphatic rings. The zero-order chi connectivity index (χ0) is 11.4. The van der Waals surface area contributed by atoms with Crippen molar-refractivity contribution in [2.24, 2.45) is 5.73 Å². The van der Waals surface area contributed by atoms with Crippen LogP contribution in [-0.2, 0) is 11.2 Å². The Bertz CT molecular complexity index is 427. The van der Waals surface area contributed by atoms with Crippen molar-refractivity contribution in [3.63, 3.8) is 0 Å². The van der Waals surface area contributed by atoms with Crippen molar-refractivity contribution in [2.45, 2.75) is 12.5 Å². The van der Waals surface area contributed by atoms with Crippen LogP contribution in [0.25, 0.3) is 11.4 Å².